The smallest absolute Gasteiger partial charge is 0.289 e. The van der Waals surface area contributed by atoms with Gasteiger partial charge in [-0.15, -0.1) is 0 Å². The minimum Gasteiger partial charge on any atom is -0.485 e. The molecule has 0 atom stereocenters. The second-order valence-electron chi connectivity index (χ2n) is 7.19. The van der Waals surface area contributed by atoms with E-state index in [4.69, 9.17) is 21.1 Å². The maximum Gasteiger partial charge on any atom is 0.289 e. The van der Waals surface area contributed by atoms with Crippen LogP contribution in [-0.2, 0) is 24.5 Å². The van der Waals surface area contributed by atoms with E-state index in [0.29, 0.717) is 13.2 Å². The molecule has 0 fully saturated rings. The Labute approximate surface area is 157 Å². The van der Waals surface area contributed by atoms with E-state index in [1.807, 2.05) is 45.0 Å². The molecule has 0 aliphatic rings. The third-order valence-electron chi connectivity index (χ3n) is 3.48. The van der Waals surface area contributed by atoms with Crippen molar-refractivity contribution in [1.82, 2.24) is 9.78 Å². The standard InChI is InChI=1S/C19H24ClFN2O3/c1-19(2,3)13-23-18(24)17(20)16(10-22-23)26-12-15-6-4-14(5-7-15)11-25-9-8-21/h4-7,10H,8-9,11-13H2,1-3H3. The van der Waals surface area contributed by atoms with Crippen LogP contribution in [0.25, 0.3) is 0 Å². The van der Waals surface area contributed by atoms with Gasteiger partial charge in [0.25, 0.3) is 5.56 Å². The third kappa shape index (κ3) is 6.11. The average molecular weight is 383 g/mol. The molecule has 1 aromatic heterocycles. The van der Waals surface area contributed by atoms with Gasteiger partial charge in [0.15, 0.2) is 10.8 Å². The lowest BCUT2D eigenvalue weighted by molar-refractivity contribution is 0.106. The van der Waals surface area contributed by atoms with Gasteiger partial charge >= 0.3 is 0 Å². The molecule has 1 heterocycles. The summed E-state index contributed by atoms with van der Waals surface area (Å²) in [6, 6.07) is 7.54. The first-order chi connectivity index (χ1) is 12.3. The normalized spacial score (nSPS) is 11.6. The summed E-state index contributed by atoms with van der Waals surface area (Å²) in [5, 5.41) is 4.17. The number of aromatic nitrogens is 2. The Morgan fingerprint density at radius 3 is 2.35 bits per heavy atom. The molecule has 2 rings (SSSR count). The van der Waals surface area contributed by atoms with Crippen LogP contribution in [0.1, 0.15) is 31.9 Å². The van der Waals surface area contributed by atoms with Crippen molar-refractivity contribution in [3.63, 3.8) is 0 Å². The topological polar surface area (TPSA) is 53.4 Å². The summed E-state index contributed by atoms with van der Waals surface area (Å²) in [5.74, 6) is 0.261. The minimum atomic E-state index is -0.491. The molecule has 0 saturated heterocycles. The van der Waals surface area contributed by atoms with E-state index >= 15 is 0 Å². The van der Waals surface area contributed by atoms with Crippen LogP contribution in [0, 0.1) is 5.41 Å². The van der Waals surface area contributed by atoms with Crippen molar-refractivity contribution in [2.24, 2.45) is 5.41 Å². The van der Waals surface area contributed by atoms with Gasteiger partial charge in [-0.2, -0.15) is 5.10 Å². The molecule has 0 radical (unpaired) electrons. The van der Waals surface area contributed by atoms with Gasteiger partial charge in [0.1, 0.15) is 13.3 Å². The summed E-state index contributed by atoms with van der Waals surface area (Å²) in [7, 11) is 0. The second-order valence-corrected chi connectivity index (χ2v) is 7.57. The van der Waals surface area contributed by atoms with Crippen molar-refractivity contribution >= 4 is 11.6 Å². The predicted octanol–water partition coefficient (Wildman–Crippen LogP) is 4.01. The van der Waals surface area contributed by atoms with Crippen molar-refractivity contribution in [2.75, 3.05) is 13.3 Å². The van der Waals surface area contributed by atoms with Gasteiger partial charge < -0.3 is 9.47 Å². The molecule has 5 nitrogen and oxygen atoms in total. The van der Waals surface area contributed by atoms with Gasteiger partial charge in [0.05, 0.1) is 19.4 Å². The first-order valence-electron chi connectivity index (χ1n) is 8.40. The van der Waals surface area contributed by atoms with Gasteiger partial charge in [-0.25, -0.2) is 9.07 Å². The zero-order valence-corrected chi connectivity index (χ0v) is 16.1. The number of ether oxygens (including phenoxy) is 2. The maximum absolute atomic E-state index is 12.3. The molecule has 7 heteroatoms. The number of hydrogen-bond acceptors (Lipinski definition) is 4. The lowest BCUT2D eigenvalue weighted by Crippen LogP contribution is -2.29. The molecule has 0 amide bonds. The van der Waals surface area contributed by atoms with Crippen LogP contribution < -0.4 is 10.3 Å². The molecular weight excluding hydrogens is 359 g/mol. The van der Waals surface area contributed by atoms with E-state index in [1.54, 1.807) is 0 Å². The highest BCUT2D eigenvalue weighted by atomic mass is 35.5. The Hall–Kier alpha value is -1.92. The van der Waals surface area contributed by atoms with Crippen LogP contribution >= 0.6 is 11.6 Å². The van der Waals surface area contributed by atoms with Gasteiger partial charge in [-0.1, -0.05) is 56.6 Å². The molecule has 0 spiro atoms. The fourth-order valence-electron chi connectivity index (χ4n) is 2.25. The summed E-state index contributed by atoms with van der Waals surface area (Å²) in [6.07, 6.45) is 1.47. The van der Waals surface area contributed by atoms with Crippen molar-refractivity contribution in [3.05, 3.63) is 57.0 Å². The highest BCUT2D eigenvalue weighted by Crippen LogP contribution is 2.21. The zero-order valence-electron chi connectivity index (χ0n) is 15.3. The average Bonchev–Trinajstić information content (AvgIpc) is 2.59. The quantitative estimate of drug-likeness (QED) is 0.647. The molecule has 0 N–H and O–H groups in total. The van der Waals surface area contributed by atoms with Gasteiger partial charge in [0, 0.05) is 6.54 Å². The number of hydrogen-bond donors (Lipinski definition) is 0. The summed E-state index contributed by atoms with van der Waals surface area (Å²) >= 11 is 6.14. The highest BCUT2D eigenvalue weighted by Gasteiger charge is 2.16. The van der Waals surface area contributed by atoms with Crippen molar-refractivity contribution in [3.8, 4) is 5.75 Å². The highest BCUT2D eigenvalue weighted by molar-refractivity contribution is 6.31. The van der Waals surface area contributed by atoms with Crippen LogP contribution in [-0.4, -0.2) is 23.1 Å². The Morgan fingerprint density at radius 1 is 1.15 bits per heavy atom. The van der Waals surface area contributed by atoms with Gasteiger partial charge in [0.2, 0.25) is 0 Å². The first-order valence-corrected chi connectivity index (χ1v) is 8.78. The maximum atomic E-state index is 12.3. The monoisotopic (exact) mass is 382 g/mol. The van der Waals surface area contributed by atoms with Crippen molar-refractivity contribution in [2.45, 2.75) is 40.5 Å². The van der Waals surface area contributed by atoms with E-state index < -0.39 is 6.67 Å². The fraction of sp³-hybridized carbons (Fsp3) is 0.474. The summed E-state index contributed by atoms with van der Waals surface area (Å²) in [4.78, 5) is 12.3. The summed E-state index contributed by atoms with van der Waals surface area (Å²) < 4.78 is 24.1. The second kappa shape index (κ2) is 9.14. The molecule has 142 valence electrons. The summed E-state index contributed by atoms with van der Waals surface area (Å²) in [6.45, 7) is 6.76. The van der Waals surface area contributed by atoms with Crippen LogP contribution in [0.3, 0.4) is 0 Å². The Balaban J connectivity index is 1.99. The van der Waals surface area contributed by atoms with E-state index in [2.05, 4.69) is 5.10 Å². The van der Waals surface area contributed by atoms with E-state index in [9.17, 15) is 9.18 Å². The molecule has 0 aliphatic carbocycles. The van der Waals surface area contributed by atoms with Crippen LogP contribution in [0.2, 0.25) is 5.02 Å². The summed E-state index contributed by atoms with van der Waals surface area (Å²) in [5.41, 5.74) is 1.42. The molecule has 2 aromatic rings. The first kappa shape index (κ1) is 20.4. The Bertz CT molecular complexity index is 770. The predicted molar refractivity (Wildman–Crippen MR) is 99.4 cm³/mol. The SMILES string of the molecule is CC(C)(C)Cn1ncc(OCc2ccc(COCCF)cc2)c(Cl)c1=O. The van der Waals surface area contributed by atoms with E-state index in [-0.39, 0.29) is 35.0 Å². The number of benzene rings is 1. The number of halogens is 2. The lowest BCUT2D eigenvalue weighted by atomic mass is 9.97. The Morgan fingerprint density at radius 2 is 1.77 bits per heavy atom. The Kier molecular flexibility index (Phi) is 7.17. The van der Waals surface area contributed by atoms with Gasteiger partial charge in [-0.3, -0.25) is 4.79 Å². The van der Waals surface area contributed by atoms with Crippen molar-refractivity contribution in [1.29, 1.82) is 0 Å². The minimum absolute atomic E-state index is 0.0282. The lowest BCUT2D eigenvalue weighted by Gasteiger charge is -2.19. The van der Waals surface area contributed by atoms with Gasteiger partial charge in [-0.05, 0) is 16.5 Å². The largest absolute Gasteiger partial charge is 0.485 e. The molecule has 0 aliphatic heterocycles. The molecule has 1 aromatic carbocycles. The number of nitrogens with zero attached hydrogens (tertiary/aromatic N) is 2. The third-order valence-corrected chi connectivity index (χ3v) is 3.83. The number of alkyl halides is 1. The molecular formula is C19H24ClFN2O3. The van der Waals surface area contributed by atoms with Crippen LogP contribution in [0.5, 0.6) is 5.75 Å². The van der Waals surface area contributed by atoms with Crippen molar-refractivity contribution < 1.29 is 13.9 Å². The number of rotatable bonds is 8. The fourth-order valence-corrected chi connectivity index (χ4v) is 2.45. The van der Waals surface area contributed by atoms with Crippen LogP contribution in [0.15, 0.2) is 35.3 Å². The van der Waals surface area contributed by atoms with E-state index in [1.165, 1.54) is 10.9 Å². The molecule has 0 bridgehead atoms. The molecule has 26 heavy (non-hydrogen) atoms. The molecule has 0 saturated carbocycles. The van der Waals surface area contributed by atoms with Crippen LogP contribution in [0.4, 0.5) is 4.39 Å². The molecule has 0 unspecified atom stereocenters. The zero-order chi connectivity index (χ0) is 19.2. The van der Waals surface area contributed by atoms with E-state index in [0.717, 1.165) is 11.1 Å².